The smallest absolute Gasteiger partial charge is 0.318 e. The van der Waals surface area contributed by atoms with Crippen LogP contribution in [0.1, 0.15) is 19.3 Å². The lowest BCUT2D eigenvalue weighted by Crippen LogP contribution is -2.49. The van der Waals surface area contributed by atoms with Gasteiger partial charge in [-0.05, 0) is 18.9 Å². The van der Waals surface area contributed by atoms with Gasteiger partial charge in [0.2, 0.25) is 0 Å². The highest BCUT2D eigenvalue weighted by atomic mass is 16.5. The van der Waals surface area contributed by atoms with E-state index in [9.17, 15) is 4.79 Å². The molecule has 2 N–H and O–H groups in total. The van der Waals surface area contributed by atoms with Crippen LogP contribution in [0.15, 0.2) is 18.5 Å². The van der Waals surface area contributed by atoms with Crippen molar-refractivity contribution >= 4 is 6.03 Å². The molecule has 1 fully saturated rings. The largest absolute Gasteiger partial charge is 0.439 e. The molecule has 0 radical (unpaired) electrons. The number of rotatable bonds is 2. The van der Waals surface area contributed by atoms with Crippen molar-refractivity contribution in [3.05, 3.63) is 18.5 Å². The highest BCUT2D eigenvalue weighted by Crippen LogP contribution is 2.18. The average molecular weight is 222 g/mol. The number of ether oxygens (including phenoxy) is 1. The Morgan fingerprint density at radius 1 is 1.44 bits per heavy atom. The third kappa shape index (κ3) is 2.39. The van der Waals surface area contributed by atoms with Gasteiger partial charge in [-0.15, -0.1) is 0 Å². The quantitative estimate of drug-likeness (QED) is 0.800. The van der Waals surface area contributed by atoms with Gasteiger partial charge in [0, 0.05) is 25.4 Å². The normalized spacial score (nSPS) is 20.5. The molecule has 0 aromatic carbocycles. The van der Waals surface area contributed by atoms with E-state index in [0.29, 0.717) is 6.54 Å². The Labute approximate surface area is 93.4 Å². The van der Waals surface area contributed by atoms with Crippen LogP contribution in [0.4, 0.5) is 4.79 Å². The van der Waals surface area contributed by atoms with Crippen molar-refractivity contribution in [2.75, 3.05) is 6.54 Å². The first-order valence-electron chi connectivity index (χ1n) is 5.27. The summed E-state index contributed by atoms with van der Waals surface area (Å²) in [4.78, 5) is 20.6. The summed E-state index contributed by atoms with van der Waals surface area (Å²) in [6.45, 7) is 0.632. The van der Waals surface area contributed by atoms with Crippen LogP contribution in [0.5, 0.6) is 6.01 Å². The first-order valence-corrected chi connectivity index (χ1v) is 5.27. The lowest BCUT2D eigenvalue weighted by atomic mass is 10.1. The average Bonchev–Trinajstić information content (AvgIpc) is 2.31. The lowest BCUT2D eigenvalue weighted by Gasteiger charge is -2.33. The predicted molar refractivity (Wildman–Crippen MR) is 56.6 cm³/mol. The molecule has 1 aromatic rings. The second kappa shape index (κ2) is 4.78. The molecule has 86 valence electrons. The number of likely N-dealkylation sites (tertiary alicyclic amines) is 1. The minimum Gasteiger partial charge on any atom is -0.439 e. The number of carbonyl (C=O) groups is 1. The molecular weight excluding hydrogens is 208 g/mol. The third-order valence-corrected chi connectivity index (χ3v) is 2.51. The molecule has 0 aliphatic carbocycles. The maximum absolute atomic E-state index is 11.2. The van der Waals surface area contributed by atoms with Crippen LogP contribution in [-0.2, 0) is 0 Å². The van der Waals surface area contributed by atoms with Gasteiger partial charge in [0.1, 0.15) is 0 Å². The van der Waals surface area contributed by atoms with Crippen LogP contribution >= 0.6 is 0 Å². The van der Waals surface area contributed by atoms with Crippen LogP contribution in [0, 0.1) is 0 Å². The zero-order valence-corrected chi connectivity index (χ0v) is 8.87. The second-order valence-corrected chi connectivity index (χ2v) is 3.63. The third-order valence-electron chi connectivity index (χ3n) is 2.51. The minimum absolute atomic E-state index is 0.278. The molecule has 2 heterocycles. The van der Waals surface area contributed by atoms with Gasteiger partial charge in [-0.25, -0.2) is 14.8 Å². The predicted octanol–water partition coefficient (Wildman–Crippen LogP) is 0.746. The highest BCUT2D eigenvalue weighted by Gasteiger charge is 2.27. The molecule has 1 atom stereocenters. The van der Waals surface area contributed by atoms with Crippen LogP contribution in [-0.4, -0.2) is 33.7 Å². The molecule has 2 rings (SSSR count). The van der Waals surface area contributed by atoms with Crippen LogP contribution in [0.25, 0.3) is 0 Å². The van der Waals surface area contributed by atoms with Gasteiger partial charge in [0.05, 0.1) is 0 Å². The van der Waals surface area contributed by atoms with Crippen LogP contribution in [0.2, 0.25) is 0 Å². The molecule has 6 nitrogen and oxygen atoms in total. The molecule has 0 saturated carbocycles. The number of hydrogen-bond acceptors (Lipinski definition) is 4. The van der Waals surface area contributed by atoms with Crippen molar-refractivity contribution in [3.63, 3.8) is 0 Å². The van der Waals surface area contributed by atoms with Crippen molar-refractivity contribution in [2.24, 2.45) is 5.73 Å². The topological polar surface area (TPSA) is 81.3 Å². The molecule has 2 amide bonds. The van der Waals surface area contributed by atoms with Gasteiger partial charge in [-0.1, -0.05) is 0 Å². The maximum Gasteiger partial charge on any atom is 0.318 e. The fourth-order valence-corrected chi connectivity index (χ4v) is 1.74. The first kappa shape index (κ1) is 10.7. The van der Waals surface area contributed by atoms with Crippen LogP contribution in [0.3, 0.4) is 0 Å². The SMILES string of the molecule is NC(=O)N1CCCCC1Oc1ncccn1. The van der Waals surface area contributed by atoms with E-state index in [2.05, 4.69) is 9.97 Å². The molecule has 1 aliphatic heterocycles. The van der Waals surface area contributed by atoms with Gasteiger partial charge in [-0.3, -0.25) is 4.90 Å². The summed E-state index contributed by atoms with van der Waals surface area (Å²) in [6.07, 6.45) is 5.59. The Balaban J connectivity index is 2.04. The number of nitrogens with zero attached hydrogens (tertiary/aromatic N) is 3. The highest BCUT2D eigenvalue weighted by molar-refractivity contribution is 5.72. The molecule has 0 bridgehead atoms. The van der Waals surface area contributed by atoms with E-state index >= 15 is 0 Å². The summed E-state index contributed by atoms with van der Waals surface area (Å²) < 4.78 is 5.53. The zero-order valence-electron chi connectivity index (χ0n) is 8.87. The maximum atomic E-state index is 11.2. The van der Waals surface area contributed by atoms with Gasteiger partial charge >= 0.3 is 12.0 Å². The molecule has 16 heavy (non-hydrogen) atoms. The summed E-state index contributed by atoms with van der Waals surface area (Å²) in [5.74, 6) is 0. The number of carbonyl (C=O) groups excluding carboxylic acids is 1. The van der Waals surface area contributed by atoms with E-state index in [1.54, 1.807) is 18.5 Å². The second-order valence-electron chi connectivity index (χ2n) is 3.63. The summed E-state index contributed by atoms with van der Waals surface area (Å²) in [7, 11) is 0. The van der Waals surface area contributed by atoms with Crippen molar-refractivity contribution in [1.29, 1.82) is 0 Å². The first-order chi connectivity index (χ1) is 7.77. The van der Waals surface area contributed by atoms with Gasteiger partial charge in [0.15, 0.2) is 6.23 Å². The zero-order chi connectivity index (χ0) is 11.4. The van der Waals surface area contributed by atoms with Gasteiger partial charge in [0.25, 0.3) is 0 Å². The van der Waals surface area contributed by atoms with Crippen molar-refractivity contribution in [3.8, 4) is 6.01 Å². The van der Waals surface area contributed by atoms with E-state index in [-0.39, 0.29) is 12.2 Å². The number of nitrogens with two attached hydrogens (primary N) is 1. The monoisotopic (exact) mass is 222 g/mol. The standard InChI is InChI=1S/C10H14N4O2/c11-9(15)14-7-2-1-4-8(14)16-10-12-5-3-6-13-10/h3,5-6,8H,1-2,4,7H2,(H2,11,15). The Morgan fingerprint density at radius 2 is 2.19 bits per heavy atom. The van der Waals surface area contributed by atoms with Crippen LogP contribution < -0.4 is 10.5 Å². The van der Waals surface area contributed by atoms with E-state index < -0.39 is 6.03 Å². The molecular formula is C10H14N4O2. The Bertz CT molecular complexity index is 357. The number of hydrogen-bond donors (Lipinski definition) is 1. The molecule has 1 unspecified atom stereocenters. The number of aromatic nitrogens is 2. The fraction of sp³-hybridized carbons (Fsp3) is 0.500. The molecule has 1 saturated heterocycles. The van der Waals surface area contributed by atoms with E-state index in [1.165, 1.54) is 4.90 Å². The Morgan fingerprint density at radius 3 is 2.88 bits per heavy atom. The summed E-state index contributed by atoms with van der Waals surface area (Å²) in [6, 6.07) is 1.53. The van der Waals surface area contributed by atoms with Crippen molar-refractivity contribution in [2.45, 2.75) is 25.5 Å². The van der Waals surface area contributed by atoms with E-state index in [4.69, 9.17) is 10.5 Å². The number of primary amides is 1. The Kier molecular flexibility index (Phi) is 3.19. The number of urea groups is 1. The van der Waals surface area contributed by atoms with E-state index in [0.717, 1.165) is 19.3 Å². The molecule has 1 aliphatic rings. The fourth-order valence-electron chi connectivity index (χ4n) is 1.74. The van der Waals surface area contributed by atoms with E-state index in [1.807, 2.05) is 0 Å². The summed E-state index contributed by atoms with van der Waals surface area (Å²) in [5.41, 5.74) is 5.28. The number of amides is 2. The molecule has 1 aromatic heterocycles. The Hall–Kier alpha value is -1.85. The molecule has 6 heteroatoms. The summed E-state index contributed by atoms with van der Waals surface area (Å²) in [5, 5.41) is 0. The number of piperidine rings is 1. The minimum atomic E-state index is -0.458. The lowest BCUT2D eigenvalue weighted by molar-refractivity contribution is 0.0202. The van der Waals surface area contributed by atoms with Gasteiger partial charge < -0.3 is 10.5 Å². The van der Waals surface area contributed by atoms with Gasteiger partial charge in [-0.2, -0.15) is 0 Å². The summed E-state index contributed by atoms with van der Waals surface area (Å²) >= 11 is 0. The van der Waals surface area contributed by atoms with Crippen molar-refractivity contribution in [1.82, 2.24) is 14.9 Å². The molecule has 0 spiro atoms. The van der Waals surface area contributed by atoms with Crippen molar-refractivity contribution < 1.29 is 9.53 Å².